The van der Waals surface area contributed by atoms with E-state index in [-0.39, 0.29) is 17.9 Å². The molecule has 0 bridgehead atoms. The number of carbonyl (C=O) groups excluding carboxylic acids is 1. The van der Waals surface area contributed by atoms with Crippen molar-refractivity contribution in [3.05, 3.63) is 17.0 Å². The van der Waals surface area contributed by atoms with Crippen molar-refractivity contribution in [1.29, 1.82) is 0 Å². The van der Waals surface area contributed by atoms with Gasteiger partial charge in [-0.15, -0.1) is 0 Å². The number of hydrogen-bond acceptors (Lipinski definition) is 5. The highest BCUT2D eigenvalue weighted by atomic mass is 16.5. The fourth-order valence-corrected chi connectivity index (χ4v) is 2.36. The Kier molecular flexibility index (Phi) is 4.21. The minimum absolute atomic E-state index is 0.0538. The maximum atomic E-state index is 12.1. The first kappa shape index (κ1) is 14.0. The first-order valence-corrected chi connectivity index (χ1v) is 6.48. The molecule has 1 aromatic rings. The van der Waals surface area contributed by atoms with E-state index in [0.29, 0.717) is 36.8 Å². The summed E-state index contributed by atoms with van der Waals surface area (Å²) in [6.45, 7) is 5.20. The molecule has 2 heterocycles. The number of nitrogens with zero attached hydrogens (tertiary/aromatic N) is 1. The molecule has 1 aliphatic rings. The van der Waals surface area contributed by atoms with Gasteiger partial charge in [-0.05, 0) is 26.7 Å². The fourth-order valence-electron chi connectivity index (χ4n) is 2.36. The fraction of sp³-hybridized carbons (Fsp3) is 0.692. The van der Waals surface area contributed by atoms with Crippen molar-refractivity contribution in [3.8, 4) is 0 Å². The highest BCUT2D eigenvalue weighted by Gasteiger charge is 2.33. The van der Waals surface area contributed by atoms with Crippen LogP contribution >= 0.6 is 0 Å². The number of aromatic nitrogens is 1. The zero-order valence-corrected chi connectivity index (χ0v) is 11.4. The maximum absolute atomic E-state index is 12.1. The Labute approximate surface area is 112 Å². The van der Waals surface area contributed by atoms with Crippen molar-refractivity contribution in [2.24, 2.45) is 5.41 Å². The third-order valence-corrected chi connectivity index (χ3v) is 3.77. The van der Waals surface area contributed by atoms with E-state index in [1.165, 1.54) is 0 Å². The van der Waals surface area contributed by atoms with Gasteiger partial charge in [0.15, 0.2) is 0 Å². The van der Waals surface area contributed by atoms with Gasteiger partial charge in [-0.1, -0.05) is 5.16 Å². The summed E-state index contributed by atoms with van der Waals surface area (Å²) in [5.41, 5.74) is 0.799. The molecule has 0 saturated carbocycles. The Balaban J connectivity index is 2.00. The van der Waals surface area contributed by atoms with E-state index in [2.05, 4.69) is 10.5 Å². The predicted octanol–water partition coefficient (Wildman–Crippen LogP) is 0.810. The molecule has 6 nitrogen and oxygen atoms in total. The molecule has 0 aromatic carbocycles. The van der Waals surface area contributed by atoms with E-state index in [4.69, 9.17) is 9.26 Å². The van der Waals surface area contributed by atoms with Gasteiger partial charge in [0.2, 0.25) is 0 Å². The average Bonchev–Trinajstić information content (AvgIpc) is 2.77. The molecule has 1 saturated heterocycles. The van der Waals surface area contributed by atoms with Gasteiger partial charge in [0.1, 0.15) is 11.3 Å². The van der Waals surface area contributed by atoms with Gasteiger partial charge in [-0.25, -0.2) is 0 Å². The van der Waals surface area contributed by atoms with Crippen LogP contribution in [0.2, 0.25) is 0 Å². The van der Waals surface area contributed by atoms with E-state index in [1.807, 2.05) is 0 Å². The van der Waals surface area contributed by atoms with E-state index in [9.17, 15) is 9.90 Å². The van der Waals surface area contributed by atoms with Crippen LogP contribution in [-0.2, 0) is 4.74 Å². The Hall–Kier alpha value is -1.40. The molecule has 0 aliphatic carbocycles. The molecule has 6 heteroatoms. The third kappa shape index (κ3) is 2.96. The lowest BCUT2D eigenvalue weighted by Gasteiger charge is -2.35. The molecule has 19 heavy (non-hydrogen) atoms. The highest BCUT2D eigenvalue weighted by molar-refractivity contribution is 5.96. The average molecular weight is 268 g/mol. The van der Waals surface area contributed by atoms with E-state index < -0.39 is 0 Å². The zero-order valence-electron chi connectivity index (χ0n) is 11.4. The van der Waals surface area contributed by atoms with Gasteiger partial charge in [0.25, 0.3) is 5.91 Å². The van der Waals surface area contributed by atoms with Gasteiger partial charge < -0.3 is 19.7 Å². The van der Waals surface area contributed by atoms with Crippen LogP contribution < -0.4 is 5.32 Å². The molecule has 106 valence electrons. The van der Waals surface area contributed by atoms with Crippen molar-refractivity contribution in [2.45, 2.75) is 26.7 Å². The number of aliphatic hydroxyl groups is 1. The van der Waals surface area contributed by atoms with Crippen LogP contribution in [0.3, 0.4) is 0 Å². The van der Waals surface area contributed by atoms with Crippen molar-refractivity contribution in [3.63, 3.8) is 0 Å². The molecule has 2 rings (SSSR count). The molecule has 1 aliphatic heterocycles. The number of hydrogen-bond donors (Lipinski definition) is 2. The summed E-state index contributed by atoms with van der Waals surface area (Å²) in [5.74, 6) is 0.315. The van der Waals surface area contributed by atoms with Crippen molar-refractivity contribution in [2.75, 3.05) is 26.4 Å². The smallest absolute Gasteiger partial charge is 0.256 e. The molecule has 0 unspecified atom stereocenters. The van der Waals surface area contributed by atoms with Crippen LogP contribution in [0, 0.1) is 19.3 Å². The van der Waals surface area contributed by atoms with Crippen LogP contribution in [0.1, 0.15) is 34.7 Å². The van der Waals surface area contributed by atoms with Gasteiger partial charge in [0.05, 0.1) is 12.3 Å². The van der Waals surface area contributed by atoms with Gasteiger partial charge in [-0.2, -0.15) is 0 Å². The molecule has 2 N–H and O–H groups in total. The number of amides is 1. The topological polar surface area (TPSA) is 84.6 Å². The van der Waals surface area contributed by atoms with Crippen LogP contribution in [0.25, 0.3) is 0 Å². The standard InChI is InChI=1S/C13H20N2O4/c1-9-11(10(2)19-15-9)12(17)14-7-13(8-16)3-5-18-6-4-13/h16H,3-8H2,1-2H3,(H,14,17). The maximum Gasteiger partial charge on any atom is 0.256 e. The Morgan fingerprint density at radius 3 is 2.63 bits per heavy atom. The number of aryl methyl sites for hydroxylation is 2. The monoisotopic (exact) mass is 268 g/mol. The second kappa shape index (κ2) is 5.71. The highest BCUT2D eigenvalue weighted by Crippen LogP contribution is 2.29. The van der Waals surface area contributed by atoms with Crippen LogP contribution in [0.15, 0.2) is 4.52 Å². The number of ether oxygens (including phenoxy) is 1. The Morgan fingerprint density at radius 1 is 1.42 bits per heavy atom. The normalized spacial score (nSPS) is 18.3. The summed E-state index contributed by atoms with van der Waals surface area (Å²) in [4.78, 5) is 12.1. The quantitative estimate of drug-likeness (QED) is 0.844. The Morgan fingerprint density at radius 2 is 2.11 bits per heavy atom. The SMILES string of the molecule is Cc1noc(C)c1C(=O)NCC1(CO)CCOCC1. The summed E-state index contributed by atoms with van der Waals surface area (Å²) < 4.78 is 10.3. The second-order valence-electron chi connectivity index (χ2n) is 5.15. The lowest BCUT2D eigenvalue weighted by atomic mass is 9.81. The van der Waals surface area contributed by atoms with Crippen LogP contribution in [-0.4, -0.2) is 42.5 Å². The van der Waals surface area contributed by atoms with E-state index in [0.717, 1.165) is 12.8 Å². The molecule has 0 spiro atoms. The summed E-state index contributed by atoms with van der Waals surface area (Å²) in [5, 5.41) is 16.2. The molecule has 0 radical (unpaired) electrons. The van der Waals surface area contributed by atoms with E-state index >= 15 is 0 Å². The van der Waals surface area contributed by atoms with Gasteiger partial charge in [0, 0.05) is 25.2 Å². The number of aliphatic hydroxyl groups excluding tert-OH is 1. The summed E-state index contributed by atoms with van der Waals surface area (Å²) in [6.07, 6.45) is 1.51. The first-order chi connectivity index (χ1) is 9.08. The van der Waals surface area contributed by atoms with E-state index in [1.54, 1.807) is 13.8 Å². The largest absolute Gasteiger partial charge is 0.396 e. The second-order valence-corrected chi connectivity index (χ2v) is 5.15. The van der Waals surface area contributed by atoms with Crippen LogP contribution in [0.4, 0.5) is 0 Å². The minimum atomic E-state index is -0.271. The number of rotatable bonds is 4. The molecule has 1 amide bonds. The lowest BCUT2D eigenvalue weighted by Crippen LogP contribution is -2.43. The summed E-state index contributed by atoms with van der Waals surface area (Å²) >= 11 is 0. The minimum Gasteiger partial charge on any atom is -0.396 e. The zero-order chi connectivity index (χ0) is 13.9. The first-order valence-electron chi connectivity index (χ1n) is 6.48. The molecule has 1 fully saturated rings. The van der Waals surface area contributed by atoms with Gasteiger partial charge >= 0.3 is 0 Å². The molecule has 0 atom stereocenters. The number of carbonyl (C=O) groups is 1. The van der Waals surface area contributed by atoms with Crippen molar-refractivity contribution >= 4 is 5.91 Å². The molecular formula is C13H20N2O4. The summed E-state index contributed by atoms with van der Waals surface area (Å²) in [6, 6.07) is 0. The molecule has 1 aromatic heterocycles. The number of nitrogens with one attached hydrogen (secondary N) is 1. The van der Waals surface area contributed by atoms with Crippen molar-refractivity contribution < 1.29 is 19.2 Å². The Bertz CT molecular complexity index is 430. The van der Waals surface area contributed by atoms with Gasteiger partial charge in [-0.3, -0.25) is 4.79 Å². The molecular weight excluding hydrogens is 248 g/mol. The van der Waals surface area contributed by atoms with Crippen molar-refractivity contribution in [1.82, 2.24) is 10.5 Å². The summed E-state index contributed by atoms with van der Waals surface area (Å²) in [7, 11) is 0. The predicted molar refractivity (Wildman–Crippen MR) is 67.9 cm³/mol. The lowest BCUT2D eigenvalue weighted by molar-refractivity contribution is -0.0146. The third-order valence-electron chi connectivity index (χ3n) is 3.77. The van der Waals surface area contributed by atoms with Crippen LogP contribution in [0.5, 0.6) is 0 Å².